The van der Waals surface area contributed by atoms with Crippen molar-refractivity contribution < 1.29 is 9.94 Å². The summed E-state index contributed by atoms with van der Waals surface area (Å²) in [5.41, 5.74) is 3.93. The van der Waals surface area contributed by atoms with Crippen LogP contribution in [0, 0.1) is 0 Å². The van der Waals surface area contributed by atoms with Crippen LogP contribution >= 0.6 is 0 Å². The second kappa shape index (κ2) is 4.63. The monoisotopic (exact) mass is 185 g/mol. The molecule has 3 heteroatoms. The summed E-state index contributed by atoms with van der Waals surface area (Å²) in [6, 6.07) is 0. The van der Waals surface area contributed by atoms with Crippen LogP contribution in [0.1, 0.15) is 39.5 Å². The zero-order valence-electron chi connectivity index (χ0n) is 8.47. The summed E-state index contributed by atoms with van der Waals surface area (Å²) in [5, 5.41) is 8.59. The molecule has 2 N–H and O–H groups in total. The standard InChI is InChI=1S/C10H19NO2/c1-10(2)8-9(11-13-10)6-4-3-5-7-12/h8,11-12H,3-7H2,1-2H3. The number of aliphatic hydroxyl groups is 1. The first-order valence-electron chi connectivity index (χ1n) is 4.91. The Balaban J connectivity index is 2.16. The number of nitrogens with one attached hydrogen (secondary N) is 1. The molecule has 0 unspecified atom stereocenters. The van der Waals surface area contributed by atoms with E-state index in [2.05, 4.69) is 11.6 Å². The summed E-state index contributed by atoms with van der Waals surface area (Å²) in [6.45, 7) is 4.36. The molecule has 76 valence electrons. The van der Waals surface area contributed by atoms with Gasteiger partial charge < -0.3 is 5.11 Å². The van der Waals surface area contributed by atoms with Gasteiger partial charge in [0.15, 0.2) is 0 Å². The van der Waals surface area contributed by atoms with E-state index in [0.717, 1.165) is 25.7 Å². The Morgan fingerprint density at radius 2 is 2.15 bits per heavy atom. The summed E-state index contributed by atoms with van der Waals surface area (Å²) < 4.78 is 0. The van der Waals surface area contributed by atoms with Crippen LogP contribution in [0.4, 0.5) is 0 Å². The topological polar surface area (TPSA) is 41.5 Å². The van der Waals surface area contributed by atoms with E-state index >= 15 is 0 Å². The summed E-state index contributed by atoms with van der Waals surface area (Å²) in [6.07, 6.45) is 6.22. The van der Waals surface area contributed by atoms with Gasteiger partial charge in [0.25, 0.3) is 0 Å². The highest BCUT2D eigenvalue weighted by atomic mass is 16.7. The first-order valence-corrected chi connectivity index (χ1v) is 4.91. The van der Waals surface area contributed by atoms with Gasteiger partial charge in [0.05, 0.1) is 0 Å². The fraction of sp³-hybridized carbons (Fsp3) is 0.800. The van der Waals surface area contributed by atoms with E-state index in [4.69, 9.17) is 9.94 Å². The third-order valence-corrected chi connectivity index (χ3v) is 2.07. The van der Waals surface area contributed by atoms with E-state index in [-0.39, 0.29) is 5.60 Å². The maximum absolute atomic E-state index is 8.59. The van der Waals surface area contributed by atoms with Crippen LogP contribution in [0.3, 0.4) is 0 Å². The molecule has 1 aliphatic heterocycles. The number of hydrogen-bond acceptors (Lipinski definition) is 3. The first kappa shape index (κ1) is 10.5. The van der Waals surface area contributed by atoms with Crippen LogP contribution in [-0.2, 0) is 4.84 Å². The molecule has 1 rings (SSSR count). The Bertz CT molecular complexity index is 187. The molecule has 1 aliphatic rings. The highest BCUT2D eigenvalue weighted by Crippen LogP contribution is 2.21. The van der Waals surface area contributed by atoms with Crippen molar-refractivity contribution >= 4 is 0 Å². The maximum Gasteiger partial charge on any atom is 0.110 e. The molecule has 0 radical (unpaired) electrons. The largest absolute Gasteiger partial charge is 0.396 e. The van der Waals surface area contributed by atoms with Gasteiger partial charge in [-0.1, -0.05) is 6.42 Å². The van der Waals surface area contributed by atoms with Crippen LogP contribution in [0.5, 0.6) is 0 Å². The van der Waals surface area contributed by atoms with E-state index in [9.17, 15) is 0 Å². The fourth-order valence-electron chi connectivity index (χ4n) is 1.40. The molecule has 0 amide bonds. The van der Waals surface area contributed by atoms with Gasteiger partial charge in [-0.2, -0.15) is 0 Å². The minimum absolute atomic E-state index is 0.160. The molecule has 0 aromatic heterocycles. The van der Waals surface area contributed by atoms with E-state index in [1.54, 1.807) is 0 Å². The molecule has 13 heavy (non-hydrogen) atoms. The Labute approximate surface area is 79.7 Å². The molecule has 0 saturated heterocycles. The van der Waals surface area contributed by atoms with Crippen LogP contribution in [0.25, 0.3) is 0 Å². The predicted octanol–water partition coefficient (Wildman–Crippen LogP) is 1.74. The minimum Gasteiger partial charge on any atom is -0.396 e. The molecule has 0 spiro atoms. The maximum atomic E-state index is 8.59. The van der Waals surface area contributed by atoms with Gasteiger partial charge in [0, 0.05) is 12.3 Å². The molecule has 1 heterocycles. The van der Waals surface area contributed by atoms with Crippen molar-refractivity contribution in [3.63, 3.8) is 0 Å². The van der Waals surface area contributed by atoms with E-state index in [1.807, 2.05) is 13.8 Å². The molecule has 0 bridgehead atoms. The van der Waals surface area contributed by atoms with Gasteiger partial charge in [0.2, 0.25) is 0 Å². The van der Waals surface area contributed by atoms with Crippen molar-refractivity contribution in [3.8, 4) is 0 Å². The summed E-state index contributed by atoms with van der Waals surface area (Å²) in [4.78, 5) is 5.32. The third kappa shape index (κ3) is 3.79. The molecule has 0 aromatic rings. The zero-order chi connectivity index (χ0) is 9.73. The predicted molar refractivity (Wildman–Crippen MR) is 51.9 cm³/mol. The average Bonchev–Trinajstić information content (AvgIpc) is 2.40. The number of rotatable bonds is 5. The molecule has 3 nitrogen and oxygen atoms in total. The second-order valence-electron chi connectivity index (χ2n) is 4.01. The quantitative estimate of drug-likeness (QED) is 0.641. The van der Waals surface area contributed by atoms with Crippen molar-refractivity contribution in [2.24, 2.45) is 0 Å². The summed E-state index contributed by atoms with van der Waals surface area (Å²) in [5.74, 6) is 0. The fourth-order valence-corrected chi connectivity index (χ4v) is 1.40. The number of aliphatic hydroxyl groups excluding tert-OH is 1. The third-order valence-electron chi connectivity index (χ3n) is 2.07. The van der Waals surface area contributed by atoms with Crippen LogP contribution in [0.15, 0.2) is 11.8 Å². The molecule has 0 fully saturated rings. The average molecular weight is 185 g/mol. The van der Waals surface area contributed by atoms with Crippen molar-refractivity contribution in [1.29, 1.82) is 0 Å². The van der Waals surface area contributed by atoms with Crippen molar-refractivity contribution in [3.05, 3.63) is 11.8 Å². The van der Waals surface area contributed by atoms with Gasteiger partial charge >= 0.3 is 0 Å². The van der Waals surface area contributed by atoms with E-state index in [0.29, 0.717) is 6.61 Å². The second-order valence-corrected chi connectivity index (χ2v) is 4.01. The van der Waals surface area contributed by atoms with Gasteiger partial charge in [-0.05, 0) is 39.2 Å². The van der Waals surface area contributed by atoms with Gasteiger partial charge in [-0.25, -0.2) is 0 Å². The van der Waals surface area contributed by atoms with Crippen LogP contribution in [0.2, 0.25) is 0 Å². The Hall–Kier alpha value is -0.540. The SMILES string of the molecule is CC1(C)C=C(CCCCCO)NO1. The molecule has 0 saturated carbocycles. The highest BCUT2D eigenvalue weighted by Gasteiger charge is 2.23. The lowest BCUT2D eigenvalue weighted by Crippen LogP contribution is -2.20. The smallest absolute Gasteiger partial charge is 0.110 e. The number of hydroxylamine groups is 1. The molecule has 0 atom stereocenters. The van der Waals surface area contributed by atoms with E-state index in [1.165, 1.54) is 5.70 Å². The lowest BCUT2D eigenvalue weighted by molar-refractivity contribution is -0.0161. The summed E-state index contributed by atoms with van der Waals surface area (Å²) >= 11 is 0. The number of hydrogen-bond donors (Lipinski definition) is 2. The molecular weight excluding hydrogens is 166 g/mol. The van der Waals surface area contributed by atoms with E-state index < -0.39 is 0 Å². The van der Waals surface area contributed by atoms with Crippen molar-refractivity contribution in [2.45, 2.75) is 45.1 Å². The first-order chi connectivity index (χ1) is 6.14. The van der Waals surface area contributed by atoms with Crippen molar-refractivity contribution in [1.82, 2.24) is 5.48 Å². The van der Waals surface area contributed by atoms with Gasteiger partial charge in [0.1, 0.15) is 5.60 Å². The molecular formula is C10H19NO2. The number of allylic oxidation sites excluding steroid dienone is 1. The molecule has 0 aliphatic carbocycles. The van der Waals surface area contributed by atoms with Gasteiger partial charge in [-0.3, -0.25) is 10.3 Å². The van der Waals surface area contributed by atoms with Crippen LogP contribution < -0.4 is 5.48 Å². The lowest BCUT2D eigenvalue weighted by Gasteiger charge is -2.11. The van der Waals surface area contributed by atoms with Crippen LogP contribution in [-0.4, -0.2) is 17.3 Å². The minimum atomic E-state index is -0.160. The lowest BCUT2D eigenvalue weighted by atomic mass is 10.1. The normalized spacial score (nSPS) is 19.8. The van der Waals surface area contributed by atoms with Crippen molar-refractivity contribution in [2.75, 3.05) is 6.61 Å². The zero-order valence-corrected chi connectivity index (χ0v) is 8.47. The highest BCUT2D eigenvalue weighted by molar-refractivity contribution is 5.10. The Morgan fingerprint density at radius 1 is 1.38 bits per heavy atom. The number of unbranched alkanes of at least 4 members (excludes halogenated alkanes) is 2. The summed E-state index contributed by atoms with van der Waals surface area (Å²) in [7, 11) is 0. The Kier molecular flexibility index (Phi) is 3.75. The molecule has 0 aromatic carbocycles. The Morgan fingerprint density at radius 3 is 2.69 bits per heavy atom. The van der Waals surface area contributed by atoms with Gasteiger partial charge in [-0.15, -0.1) is 0 Å².